The molecule has 0 N–H and O–H groups in total. The van der Waals surface area contributed by atoms with Crippen LogP contribution in [0, 0.1) is 20.8 Å². The summed E-state index contributed by atoms with van der Waals surface area (Å²) < 4.78 is 5.82. The van der Waals surface area contributed by atoms with Crippen molar-refractivity contribution in [2.24, 2.45) is 0 Å². The van der Waals surface area contributed by atoms with Crippen molar-refractivity contribution in [2.45, 2.75) is 33.6 Å². The molecule has 20 heavy (non-hydrogen) atoms. The number of rotatable bonds is 7. The highest BCUT2D eigenvalue weighted by atomic mass is 35.5. The quantitative estimate of drug-likeness (QED) is 0.570. The number of nitrogens with zero attached hydrogens (tertiary/aromatic N) is 1. The molecular weight excluding hydrogens is 274 g/mol. The van der Waals surface area contributed by atoms with Crippen LogP contribution in [-0.2, 0) is 4.79 Å². The number of benzene rings is 1. The molecule has 1 aromatic carbocycles. The zero-order chi connectivity index (χ0) is 15.1. The minimum atomic E-state index is 0.0857. The monoisotopic (exact) mass is 297 g/mol. The van der Waals surface area contributed by atoms with E-state index < -0.39 is 0 Å². The molecule has 0 saturated carbocycles. The molecule has 0 atom stereocenters. The highest BCUT2D eigenvalue weighted by molar-refractivity contribution is 6.18. The summed E-state index contributed by atoms with van der Waals surface area (Å²) >= 11 is 5.56. The molecule has 0 radical (unpaired) electrons. The third-order valence-corrected chi connectivity index (χ3v) is 3.58. The van der Waals surface area contributed by atoms with Crippen LogP contribution in [-0.4, -0.2) is 36.9 Å². The third kappa shape index (κ3) is 5.04. The molecule has 1 rings (SSSR count). The second-order valence-corrected chi connectivity index (χ2v) is 5.54. The summed E-state index contributed by atoms with van der Waals surface area (Å²) in [6.45, 7) is 7.54. The van der Waals surface area contributed by atoms with Crippen LogP contribution < -0.4 is 4.74 Å². The normalized spacial score (nSPS) is 10.4. The molecular formula is C16H24ClNO2. The molecule has 0 aliphatic rings. The molecule has 0 saturated heterocycles. The number of ether oxygens (including phenoxy) is 1. The van der Waals surface area contributed by atoms with Crippen LogP contribution in [0.15, 0.2) is 12.1 Å². The SMILES string of the molecule is Cc1cc(C)c(C)c(OCCCN(C)C(=O)CCCl)c1. The first-order valence-electron chi connectivity index (χ1n) is 6.96. The van der Waals surface area contributed by atoms with Gasteiger partial charge in [0, 0.05) is 25.9 Å². The number of hydrogen-bond donors (Lipinski definition) is 0. The Morgan fingerprint density at radius 2 is 2.00 bits per heavy atom. The number of halogens is 1. The fourth-order valence-corrected chi connectivity index (χ4v) is 2.19. The fourth-order valence-electron chi connectivity index (χ4n) is 2.03. The first-order chi connectivity index (χ1) is 9.45. The Bertz CT molecular complexity index is 460. The molecule has 1 aromatic rings. The molecule has 112 valence electrons. The summed E-state index contributed by atoms with van der Waals surface area (Å²) in [5.74, 6) is 1.40. The maximum Gasteiger partial charge on any atom is 0.223 e. The molecule has 0 fully saturated rings. The van der Waals surface area contributed by atoms with E-state index in [9.17, 15) is 4.79 Å². The lowest BCUT2D eigenvalue weighted by Crippen LogP contribution is -2.28. The Morgan fingerprint density at radius 3 is 2.65 bits per heavy atom. The van der Waals surface area contributed by atoms with Gasteiger partial charge in [-0.2, -0.15) is 0 Å². The molecule has 0 heterocycles. The number of amides is 1. The summed E-state index contributed by atoms with van der Waals surface area (Å²) in [7, 11) is 1.80. The van der Waals surface area contributed by atoms with Crippen LogP contribution in [0.25, 0.3) is 0 Å². The summed E-state index contributed by atoms with van der Waals surface area (Å²) in [6, 6.07) is 4.21. The van der Waals surface area contributed by atoms with E-state index in [0.717, 1.165) is 12.2 Å². The van der Waals surface area contributed by atoms with Gasteiger partial charge in [0.15, 0.2) is 0 Å². The number of carbonyl (C=O) groups excluding carboxylic acids is 1. The van der Waals surface area contributed by atoms with Gasteiger partial charge in [-0.1, -0.05) is 6.07 Å². The van der Waals surface area contributed by atoms with E-state index >= 15 is 0 Å². The topological polar surface area (TPSA) is 29.5 Å². The molecule has 1 amide bonds. The van der Waals surface area contributed by atoms with E-state index in [1.54, 1.807) is 11.9 Å². The molecule has 0 aliphatic heterocycles. The second-order valence-electron chi connectivity index (χ2n) is 5.16. The second kappa shape index (κ2) is 8.15. The predicted molar refractivity (Wildman–Crippen MR) is 83.7 cm³/mol. The Hall–Kier alpha value is -1.22. The summed E-state index contributed by atoms with van der Waals surface area (Å²) in [5, 5.41) is 0. The highest BCUT2D eigenvalue weighted by Crippen LogP contribution is 2.23. The van der Waals surface area contributed by atoms with Crippen LogP contribution in [0.5, 0.6) is 5.75 Å². The number of alkyl halides is 1. The van der Waals surface area contributed by atoms with E-state index in [1.807, 2.05) is 0 Å². The Balaban J connectivity index is 2.40. The lowest BCUT2D eigenvalue weighted by atomic mass is 10.1. The Labute approximate surface area is 126 Å². The molecule has 0 aromatic heterocycles. The van der Waals surface area contributed by atoms with E-state index in [4.69, 9.17) is 16.3 Å². The zero-order valence-electron chi connectivity index (χ0n) is 12.8. The van der Waals surface area contributed by atoms with Crippen molar-refractivity contribution in [3.63, 3.8) is 0 Å². The molecule has 0 unspecified atom stereocenters. The predicted octanol–water partition coefficient (Wildman–Crippen LogP) is 3.47. The van der Waals surface area contributed by atoms with Gasteiger partial charge in [0.25, 0.3) is 0 Å². The largest absolute Gasteiger partial charge is 0.493 e. The Morgan fingerprint density at radius 1 is 1.30 bits per heavy atom. The van der Waals surface area contributed by atoms with Crippen LogP contribution in [0.1, 0.15) is 29.5 Å². The van der Waals surface area contributed by atoms with Gasteiger partial charge in [-0.3, -0.25) is 4.79 Å². The lowest BCUT2D eigenvalue weighted by Gasteiger charge is -2.17. The van der Waals surface area contributed by atoms with E-state index in [2.05, 4.69) is 32.9 Å². The van der Waals surface area contributed by atoms with E-state index in [-0.39, 0.29) is 5.91 Å². The van der Waals surface area contributed by atoms with Crippen molar-refractivity contribution in [1.29, 1.82) is 0 Å². The van der Waals surface area contributed by atoms with Crippen molar-refractivity contribution < 1.29 is 9.53 Å². The fraction of sp³-hybridized carbons (Fsp3) is 0.562. The van der Waals surface area contributed by atoms with Gasteiger partial charge in [-0.25, -0.2) is 0 Å². The van der Waals surface area contributed by atoms with Crippen LogP contribution >= 0.6 is 11.6 Å². The van der Waals surface area contributed by atoms with Crippen molar-refractivity contribution in [2.75, 3.05) is 26.1 Å². The maximum atomic E-state index is 11.6. The van der Waals surface area contributed by atoms with Gasteiger partial charge in [0.1, 0.15) is 5.75 Å². The number of carbonyl (C=O) groups is 1. The zero-order valence-corrected chi connectivity index (χ0v) is 13.6. The summed E-state index contributed by atoms with van der Waals surface area (Å²) in [6.07, 6.45) is 1.21. The van der Waals surface area contributed by atoms with Crippen molar-refractivity contribution in [1.82, 2.24) is 4.90 Å². The van der Waals surface area contributed by atoms with Crippen molar-refractivity contribution >= 4 is 17.5 Å². The molecule has 4 heteroatoms. The minimum Gasteiger partial charge on any atom is -0.493 e. The number of aryl methyl sites for hydroxylation is 2. The van der Waals surface area contributed by atoms with Gasteiger partial charge >= 0.3 is 0 Å². The van der Waals surface area contributed by atoms with Gasteiger partial charge in [0.2, 0.25) is 5.91 Å². The lowest BCUT2D eigenvalue weighted by molar-refractivity contribution is -0.129. The minimum absolute atomic E-state index is 0.0857. The first-order valence-corrected chi connectivity index (χ1v) is 7.49. The Kier molecular flexibility index (Phi) is 6.86. The third-order valence-electron chi connectivity index (χ3n) is 3.39. The molecule has 0 bridgehead atoms. The average Bonchev–Trinajstić information content (AvgIpc) is 2.39. The van der Waals surface area contributed by atoms with E-state index in [1.165, 1.54) is 16.7 Å². The maximum absolute atomic E-state index is 11.6. The standard InChI is InChI=1S/C16H24ClNO2/c1-12-10-13(2)14(3)15(11-12)20-9-5-8-18(4)16(19)6-7-17/h10-11H,5-9H2,1-4H3. The van der Waals surface area contributed by atoms with Crippen LogP contribution in [0.3, 0.4) is 0 Å². The number of hydrogen-bond acceptors (Lipinski definition) is 2. The molecule has 3 nitrogen and oxygen atoms in total. The summed E-state index contributed by atoms with van der Waals surface area (Å²) in [5.41, 5.74) is 3.63. The average molecular weight is 298 g/mol. The summed E-state index contributed by atoms with van der Waals surface area (Å²) in [4.78, 5) is 13.3. The van der Waals surface area contributed by atoms with Crippen LogP contribution in [0.4, 0.5) is 0 Å². The van der Waals surface area contributed by atoms with Crippen LogP contribution in [0.2, 0.25) is 0 Å². The van der Waals surface area contributed by atoms with Crippen molar-refractivity contribution in [3.05, 3.63) is 28.8 Å². The molecule has 0 spiro atoms. The highest BCUT2D eigenvalue weighted by Gasteiger charge is 2.08. The van der Waals surface area contributed by atoms with Crippen molar-refractivity contribution in [3.8, 4) is 5.75 Å². The van der Waals surface area contributed by atoms with Gasteiger partial charge < -0.3 is 9.64 Å². The smallest absolute Gasteiger partial charge is 0.223 e. The van der Waals surface area contributed by atoms with Gasteiger partial charge in [0.05, 0.1) is 6.61 Å². The van der Waals surface area contributed by atoms with Gasteiger partial charge in [-0.15, -0.1) is 11.6 Å². The van der Waals surface area contributed by atoms with Gasteiger partial charge in [-0.05, 0) is 49.9 Å². The van der Waals surface area contributed by atoms with E-state index in [0.29, 0.717) is 25.5 Å². The molecule has 0 aliphatic carbocycles. The first kappa shape index (κ1) is 16.8.